The third kappa shape index (κ3) is 1.80. The van der Waals surface area contributed by atoms with Gasteiger partial charge in [-0.15, -0.1) is 0 Å². The first-order valence-electron chi connectivity index (χ1n) is 3.55. The van der Waals surface area contributed by atoms with Crippen molar-refractivity contribution in [3.8, 4) is 0 Å². The predicted molar refractivity (Wildman–Crippen MR) is 47.4 cm³/mol. The number of rotatable bonds is 2. The minimum absolute atomic E-state index is 0.503. The molecule has 6 heteroatoms. The largest absolute Gasteiger partial charge is 0.324 e. The van der Waals surface area contributed by atoms with E-state index in [1.54, 1.807) is 0 Å². The molecule has 0 unspecified atom stereocenters. The number of carbonyl (C=O) groups excluding carboxylic acids is 1. The highest BCUT2D eigenvalue weighted by atomic mass is 79.9. The fourth-order valence-corrected chi connectivity index (χ4v) is 1.17. The fraction of sp³-hybridized carbons (Fsp3) is 0.125. The molecule has 0 atom stereocenters. The summed E-state index contributed by atoms with van der Waals surface area (Å²) in [6.45, 7) is -0.503. The number of carbonyl (C=O) groups is 1. The molecule has 1 aromatic rings. The van der Waals surface area contributed by atoms with Crippen LogP contribution in [0, 0.1) is 17.5 Å². The molecule has 1 aromatic carbocycles. The van der Waals surface area contributed by atoms with Crippen molar-refractivity contribution in [2.24, 2.45) is 5.73 Å². The summed E-state index contributed by atoms with van der Waals surface area (Å²) in [5, 5.41) is 0. The van der Waals surface area contributed by atoms with Gasteiger partial charge in [0.05, 0.1) is 16.6 Å². The summed E-state index contributed by atoms with van der Waals surface area (Å²) in [5.74, 6) is -4.72. The highest BCUT2D eigenvalue weighted by Gasteiger charge is 2.20. The van der Waals surface area contributed by atoms with E-state index in [1.165, 1.54) is 0 Å². The molecule has 0 saturated carbocycles. The van der Waals surface area contributed by atoms with Crippen molar-refractivity contribution in [3.05, 3.63) is 33.6 Å². The zero-order valence-corrected chi connectivity index (χ0v) is 8.37. The lowest BCUT2D eigenvalue weighted by Crippen LogP contribution is -2.16. The quantitative estimate of drug-likeness (QED) is 0.506. The van der Waals surface area contributed by atoms with E-state index in [2.05, 4.69) is 15.9 Å². The third-order valence-electron chi connectivity index (χ3n) is 1.59. The smallest absolute Gasteiger partial charge is 0.179 e. The summed E-state index contributed by atoms with van der Waals surface area (Å²) in [6, 6.07) is 0.609. The normalized spacial score (nSPS) is 10.4. The summed E-state index contributed by atoms with van der Waals surface area (Å²) >= 11 is 2.50. The summed E-state index contributed by atoms with van der Waals surface area (Å²) in [4.78, 5) is 10.9. The lowest BCUT2D eigenvalue weighted by Gasteiger charge is -2.04. The molecule has 0 aliphatic carbocycles. The Bertz CT molecular complexity index is 395. The molecule has 0 aliphatic heterocycles. The van der Waals surface area contributed by atoms with Crippen molar-refractivity contribution in [1.29, 1.82) is 0 Å². The molecule has 0 spiro atoms. The van der Waals surface area contributed by atoms with Gasteiger partial charge in [0.2, 0.25) is 0 Å². The first kappa shape index (κ1) is 11.2. The maximum absolute atomic E-state index is 13.0. The van der Waals surface area contributed by atoms with Gasteiger partial charge in [-0.2, -0.15) is 0 Å². The van der Waals surface area contributed by atoms with Gasteiger partial charge in [0.15, 0.2) is 17.4 Å². The van der Waals surface area contributed by atoms with Crippen LogP contribution in [0.15, 0.2) is 10.5 Å². The van der Waals surface area contributed by atoms with Crippen molar-refractivity contribution >= 4 is 21.7 Å². The van der Waals surface area contributed by atoms with Gasteiger partial charge in [-0.05, 0) is 22.0 Å². The van der Waals surface area contributed by atoms with E-state index in [-0.39, 0.29) is 0 Å². The molecular weight excluding hydrogens is 263 g/mol. The monoisotopic (exact) mass is 267 g/mol. The van der Waals surface area contributed by atoms with Gasteiger partial charge >= 0.3 is 0 Å². The first-order chi connectivity index (χ1) is 6.49. The number of hydrogen-bond donors (Lipinski definition) is 1. The molecule has 0 radical (unpaired) electrons. The Morgan fingerprint density at radius 1 is 1.36 bits per heavy atom. The molecule has 2 N–H and O–H groups in total. The van der Waals surface area contributed by atoms with Gasteiger partial charge in [0.25, 0.3) is 0 Å². The second-order valence-corrected chi connectivity index (χ2v) is 3.27. The summed E-state index contributed by atoms with van der Waals surface area (Å²) in [5.41, 5.74) is 4.26. The fourth-order valence-electron chi connectivity index (χ4n) is 0.886. The Hall–Kier alpha value is -0.880. The number of benzene rings is 1. The first-order valence-corrected chi connectivity index (χ1v) is 4.34. The molecule has 0 saturated heterocycles. The molecular formula is C8H5BrF3NO. The highest BCUT2D eigenvalue weighted by molar-refractivity contribution is 9.10. The van der Waals surface area contributed by atoms with Gasteiger partial charge in [-0.1, -0.05) is 0 Å². The average Bonchev–Trinajstić information content (AvgIpc) is 2.19. The van der Waals surface area contributed by atoms with Crippen molar-refractivity contribution in [3.63, 3.8) is 0 Å². The average molecular weight is 268 g/mol. The molecule has 0 heterocycles. The van der Waals surface area contributed by atoms with Crippen LogP contribution in [-0.4, -0.2) is 12.3 Å². The third-order valence-corrected chi connectivity index (χ3v) is 2.32. The predicted octanol–water partition coefficient (Wildman–Crippen LogP) is 2.01. The second kappa shape index (κ2) is 4.10. The summed E-state index contributed by atoms with van der Waals surface area (Å²) < 4.78 is 38.2. The number of ketones is 1. The summed E-state index contributed by atoms with van der Waals surface area (Å²) in [7, 11) is 0. The Morgan fingerprint density at radius 2 is 1.93 bits per heavy atom. The topological polar surface area (TPSA) is 43.1 Å². The van der Waals surface area contributed by atoms with Crippen LogP contribution in [0.3, 0.4) is 0 Å². The van der Waals surface area contributed by atoms with Crippen LogP contribution < -0.4 is 5.73 Å². The number of hydrogen-bond acceptors (Lipinski definition) is 2. The van der Waals surface area contributed by atoms with Gasteiger partial charge in [-0.3, -0.25) is 4.79 Å². The Balaban J connectivity index is 3.40. The van der Waals surface area contributed by atoms with Crippen molar-refractivity contribution < 1.29 is 18.0 Å². The van der Waals surface area contributed by atoms with Crippen LogP contribution in [0.2, 0.25) is 0 Å². The van der Waals surface area contributed by atoms with E-state index in [9.17, 15) is 18.0 Å². The van der Waals surface area contributed by atoms with Crippen LogP contribution in [0.25, 0.3) is 0 Å². The zero-order valence-electron chi connectivity index (χ0n) is 6.78. The number of nitrogens with two attached hydrogens (primary N) is 1. The van der Waals surface area contributed by atoms with Crippen LogP contribution in [-0.2, 0) is 0 Å². The maximum atomic E-state index is 13.0. The van der Waals surface area contributed by atoms with Crippen LogP contribution in [0.5, 0.6) is 0 Å². The number of Topliss-reactive ketones (excluding diaryl/α,β-unsaturated/α-hetero) is 1. The van der Waals surface area contributed by atoms with Gasteiger partial charge in [-0.25, -0.2) is 13.2 Å². The molecule has 1 rings (SSSR count). The second-order valence-electron chi connectivity index (χ2n) is 2.48. The van der Waals surface area contributed by atoms with Crippen LogP contribution in [0.4, 0.5) is 13.2 Å². The lowest BCUT2D eigenvalue weighted by atomic mass is 10.1. The minimum Gasteiger partial charge on any atom is -0.324 e. The van der Waals surface area contributed by atoms with E-state index in [0.29, 0.717) is 6.07 Å². The van der Waals surface area contributed by atoms with Gasteiger partial charge < -0.3 is 5.73 Å². The SMILES string of the molecule is NCC(=O)c1cc(F)c(Br)c(F)c1F. The van der Waals surface area contributed by atoms with E-state index in [0.717, 1.165) is 0 Å². The molecule has 0 aromatic heterocycles. The van der Waals surface area contributed by atoms with Crippen molar-refractivity contribution in [2.75, 3.05) is 6.54 Å². The molecule has 0 fully saturated rings. The van der Waals surface area contributed by atoms with Crippen LogP contribution in [0.1, 0.15) is 10.4 Å². The van der Waals surface area contributed by atoms with Crippen LogP contribution >= 0.6 is 15.9 Å². The van der Waals surface area contributed by atoms with Crippen molar-refractivity contribution in [1.82, 2.24) is 0 Å². The van der Waals surface area contributed by atoms with Gasteiger partial charge in [0, 0.05) is 0 Å². The molecule has 0 aliphatic rings. The van der Waals surface area contributed by atoms with E-state index in [1.807, 2.05) is 0 Å². The molecule has 76 valence electrons. The summed E-state index contributed by atoms with van der Waals surface area (Å²) in [6.07, 6.45) is 0. The van der Waals surface area contributed by atoms with E-state index < -0.39 is 39.8 Å². The Labute approximate surface area is 86.0 Å². The zero-order chi connectivity index (χ0) is 10.9. The van der Waals surface area contributed by atoms with E-state index >= 15 is 0 Å². The lowest BCUT2D eigenvalue weighted by molar-refractivity contribution is 0.0996. The Kier molecular flexibility index (Phi) is 3.28. The van der Waals surface area contributed by atoms with Gasteiger partial charge in [0.1, 0.15) is 5.82 Å². The van der Waals surface area contributed by atoms with E-state index in [4.69, 9.17) is 5.73 Å². The molecule has 0 bridgehead atoms. The standard InChI is InChI=1S/C8H5BrF3NO/c9-6-4(10)1-3(5(14)2-13)7(11)8(6)12/h1H,2,13H2. The number of halogens is 4. The highest BCUT2D eigenvalue weighted by Crippen LogP contribution is 2.24. The van der Waals surface area contributed by atoms with Crippen molar-refractivity contribution in [2.45, 2.75) is 0 Å². The molecule has 2 nitrogen and oxygen atoms in total. The maximum Gasteiger partial charge on any atom is 0.179 e. The minimum atomic E-state index is -1.43. The molecule has 14 heavy (non-hydrogen) atoms. The molecule has 0 amide bonds. The Morgan fingerprint density at radius 3 is 2.43 bits per heavy atom.